The first-order valence-electron chi connectivity index (χ1n) is 41.0. The highest BCUT2D eigenvalue weighted by molar-refractivity contribution is 7.19. The normalized spacial score (nSPS) is 16.5. The van der Waals surface area contributed by atoms with Crippen LogP contribution in [0.15, 0.2) is 202 Å². The molecule has 0 radical (unpaired) electrons. The van der Waals surface area contributed by atoms with E-state index in [1.54, 1.807) is 80.4 Å². The Labute approximate surface area is 699 Å². The lowest BCUT2D eigenvalue weighted by atomic mass is 10.0. The highest BCUT2D eigenvalue weighted by Crippen LogP contribution is 2.35. The zero-order chi connectivity index (χ0) is 82.0. The van der Waals surface area contributed by atoms with Crippen molar-refractivity contribution in [2.24, 2.45) is 0 Å². The maximum absolute atomic E-state index is 12.9. The minimum Gasteiger partial charge on any atom is -0.367 e. The number of likely N-dealkylation sites (N-methyl/N-ethyl adjacent to an activating group) is 2. The van der Waals surface area contributed by atoms with E-state index in [0.717, 1.165) is 192 Å². The quantitative estimate of drug-likeness (QED) is 0.117. The van der Waals surface area contributed by atoms with E-state index < -0.39 is 0 Å². The SMILES string of the molecule is CCN1CC=C(c2ccc3nc(-c4ccc5nc(C)sc5c4)cc(=O)n3c2)CC1.Cc1cn2nc(-c3cc(=O)n4cc(N5CCN(C)[C@H](C)C5)ccc4n3)cc2c(C)n1.Cc1nc2ccc(-c3cc(=O)n4cc(C5=CCN(C(C)C)CC5)ccc4n3)cc2s1.Cc1nc2ccc(-c3cc(=O)n4cc(C5=CCN(C6CC6)CC5)ccc4n3)cc2s1. The van der Waals surface area contributed by atoms with Gasteiger partial charge in [-0.1, -0.05) is 43.4 Å². The first kappa shape index (κ1) is 78.4. The molecule has 0 N–H and O–H groups in total. The molecule has 1 saturated carbocycles. The maximum atomic E-state index is 12.9. The third kappa shape index (κ3) is 16.7. The third-order valence-corrected chi connectivity index (χ3v) is 26.3. The maximum Gasteiger partial charge on any atom is 0.258 e. The predicted octanol–water partition coefficient (Wildman–Crippen LogP) is 15.9. The summed E-state index contributed by atoms with van der Waals surface area (Å²) in [4.78, 5) is 101. The molecule has 23 nitrogen and oxygen atoms in total. The smallest absolute Gasteiger partial charge is 0.258 e. The molecule has 119 heavy (non-hydrogen) atoms. The molecular weight excluding hydrogens is 1540 g/mol. The van der Waals surface area contributed by atoms with Gasteiger partial charge in [-0.25, -0.2) is 39.4 Å². The van der Waals surface area contributed by atoms with Crippen molar-refractivity contribution in [3.8, 4) is 45.2 Å². The second-order valence-electron chi connectivity index (χ2n) is 32.0. The van der Waals surface area contributed by atoms with Crippen molar-refractivity contribution in [2.75, 3.05) is 77.4 Å². The van der Waals surface area contributed by atoms with Crippen molar-refractivity contribution in [1.29, 1.82) is 0 Å². The number of hydrogen-bond donors (Lipinski definition) is 0. The standard InChI is InChI=1S/C24H22N4OS.C24H24N4OS.C23H22N4OS.C22H25N7O/c1-15-25-20-6-2-17(12-22(20)30-15)21-13-24(29)28-14-18(3-7-23(28)26-21)16-8-10-27(11-9-16)19-4-5-19;1-15(2)27-10-8-17(9-11-27)19-5-7-23-26-21(13-24(29)28(23)14-19)18-4-6-20-22(12-18)30-16(3)25-20;1-3-26-10-8-16(9-11-26)18-5-7-22-25-20(13-23(28)27(22)14-18)17-4-6-19-21(12-17)29-15(2)24-19;1-14-11-29-20(16(3)23-14)9-19(25-29)18-10-22(30)28-13-17(5-6-21(28)24-18)27-8-7-26(4)15(2)12-27/h2-3,6-8,12-14,19H,4-5,9-11H2,1H3;4-8,12-15H,9-11H2,1-3H3;4-8,12-14H,3,9-11H2,1-2H3;5-6,9-11,13,15H,7-8,12H2,1-4H3/t;;;15-/m...1/s1. The van der Waals surface area contributed by atoms with Crippen LogP contribution in [0.2, 0.25) is 0 Å². The molecule has 0 spiro atoms. The van der Waals surface area contributed by atoms with Gasteiger partial charge in [0.2, 0.25) is 0 Å². The van der Waals surface area contributed by atoms with Crippen molar-refractivity contribution in [3.05, 3.63) is 267 Å². The Morgan fingerprint density at radius 1 is 0.437 bits per heavy atom. The number of piperazine rings is 1. The summed E-state index contributed by atoms with van der Waals surface area (Å²) in [7, 11) is 2.15. The summed E-state index contributed by atoms with van der Waals surface area (Å²) >= 11 is 4.97. The Bertz CT molecular complexity index is 6830. The number of pyridine rings is 4. The highest BCUT2D eigenvalue weighted by atomic mass is 32.1. The van der Waals surface area contributed by atoms with Gasteiger partial charge in [-0.3, -0.25) is 56.5 Å². The number of rotatable bonds is 11. The van der Waals surface area contributed by atoms with E-state index in [1.165, 1.54) is 29.6 Å². The van der Waals surface area contributed by atoms with Gasteiger partial charge in [0.15, 0.2) is 0 Å². The van der Waals surface area contributed by atoms with E-state index in [2.05, 4.69) is 139 Å². The number of nitrogens with zero attached hydrogens (tertiary/aromatic N) is 19. The van der Waals surface area contributed by atoms with Crippen LogP contribution in [0, 0.1) is 34.6 Å². The van der Waals surface area contributed by atoms with Gasteiger partial charge in [0, 0.05) is 143 Å². The molecule has 0 bridgehead atoms. The Balaban J connectivity index is 0.000000109. The zero-order valence-corrected chi connectivity index (χ0v) is 71.0. The van der Waals surface area contributed by atoms with Gasteiger partial charge in [0.1, 0.15) is 28.3 Å². The number of aryl methyl sites for hydroxylation is 5. The Morgan fingerprint density at radius 3 is 1.32 bits per heavy atom. The van der Waals surface area contributed by atoms with Crippen molar-refractivity contribution >= 4 is 115 Å². The molecule has 2 fully saturated rings. The van der Waals surface area contributed by atoms with E-state index in [-0.39, 0.29) is 22.2 Å². The molecule has 0 unspecified atom stereocenters. The molecule has 1 saturated heterocycles. The number of hydrogen-bond acceptors (Lipinski definition) is 21. The molecule has 17 heterocycles. The molecule has 602 valence electrons. The molecule has 0 amide bonds. The monoisotopic (exact) mass is 1640 g/mol. The van der Waals surface area contributed by atoms with E-state index in [4.69, 9.17) is 19.9 Å². The van der Waals surface area contributed by atoms with Crippen LogP contribution in [0.1, 0.15) is 103 Å². The fraction of sp³-hybridized carbons (Fsp3) is 0.301. The van der Waals surface area contributed by atoms with Gasteiger partial charge in [-0.05, 0) is 225 Å². The van der Waals surface area contributed by atoms with Gasteiger partial charge in [0.25, 0.3) is 22.2 Å². The first-order valence-corrected chi connectivity index (χ1v) is 43.4. The lowest BCUT2D eigenvalue weighted by molar-refractivity contribution is 0.234. The van der Waals surface area contributed by atoms with Crippen LogP contribution in [-0.4, -0.2) is 177 Å². The van der Waals surface area contributed by atoms with Gasteiger partial charge in [-0.15, -0.1) is 34.0 Å². The van der Waals surface area contributed by atoms with Crippen molar-refractivity contribution in [1.82, 2.24) is 86.7 Å². The summed E-state index contributed by atoms with van der Waals surface area (Å²) < 4.78 is 11.7. The van der Waals surface area contributed by atoms with Crippen LogP contribution in [0.25, 0.3) is 121 Å². The molecule has 16 aromatic rings. The lowest BCUT2D eigenvalue weighted by Gasteiger charge is -2.39. The largest absolute Gasteiger partial charge is 0.367 e. The van der Waals surface area contributed by atoms with Crippen LogP contribution in [0.5, 0.6) is 0 Å². The fourth-order valence-electron chi connectivity index (χ4n) is 16.4. The number of benzene rings is 3. The number of fused-ring (bicyclic) bond motifs is 8. The predicted molar refractivity (Wildman–Crippen MR) is 483 cm³/mol. The summed E-state index contributed by atoms with van der Waals surface area (Å²) in [6.45, 7) is 28.9. The summed E-state index contributed by atoms with van der Waals surface area (Å²) in [5.41, 5.74) is 22.5. The summed E-state index contributed by atoms with van der Waals surface area (Å²) in [6.07, 6.45) is 22.2. The lowest BCUT2D eigenvalue weighted by Crippen LogP contribution is -2.50. The number of anilines is 1. The molecule has 3 aromatic carbocycles. The summed E-state index contributed by atoms with van der Waals surface area (Å²) in [6, 6.07) is 44.5. The van der Waals surface area contributed by atoms with Crippen molar-refractivity contribution < 1.29 is 0 Å². The van der Waals surface area contributed by atoms with E-state index in [1.807, 2.05) is 138 Å². The number of aromatic nitrogens is 14. The minimum absolute atomic E-state index is 0.0477. The molecule has 1 aliphatic carbocycles. The molecule has 21 rings (SSSR count). The Hall–Kier alpha value is -11.8. The second kappa shape index (κ2) is 32.9. The molecule has 5 aliphatic rings. The van der Waals surface area contributed by atoms with Crippen LogP contribution < -0.4 is 27.1 Å². The first-order chi connectivity index (χ1) is 57.6. The number of thiazole rings is 3. The van der Waals surface area contributed by atoms with E-state index in [9.17, 15) is 19.2 Å². The van der Waals surface area contributed by atoms with E-state index >= 15 is 0 Å². The average Bonchev–Trinajstić information content (AvgIpc) is 1.79. The van der Waals surface area contributed by atoms with Gasteiger partial charge in [0.05, 0.1) is 97.2 Å². The van der Waals surface area contributed by atoms with Crippen molar-refractivity contribution in [3.63, 3.8) is 0 Å². The Kier molecular flexibility index (Phi) is 21.7. The van der Waals surface area contributed by atoms with E-state index in [0.29, 0.717) is 63.1 Å². The molecule has 26 heteroatoms. The molecule has 1 atom stereocenters. The molecular formula is C93H93N19O4S3. The van der Waals surface area contributed by atoms with Crippen LogP contribution >= 0.6 is 34.0 Å². The minimum atomic E-state index is -0.109. The van der Waals surface area contributed by atoms with Gasteiger partial charge >= 0.3 is 0 Å². The van der Waals surface area contributed by atoms with Gasteiger partial charge in [-0.2, -0.15) is 5.10 Å². The van der Waals surface area contributed by atoms with Crippen molar-refractivity contribution in [2.45, 2.75) is 113 Å². The topological polar surface area (TPSA) is 223 Å². The average molecular weight is 1640 g/mol. The van der Waals surface area contributed by atoms with Gasteiger partial charge < -0.3 is 9.80 Å². The second-order valence-corrected chi connectivity index (χ2v) is 35.7. The van der Waals surface area contributed by atoms with Crippen LogP contribution in [-0.2, 0) is 0 Å². The molecule has 13 aromatic heterocycles. The fourth-order valence-corrected chi connectivity index (χ4v) is 19.0. The summed E-state index contributed by atoms with van der Waals surface area (Å²) in [5.74, 6) is 0. The van der Waals surface area contributed by atoms with Crippen LogP contribution in [0.4, 0.5) is 5.69 Å². The molecule has 4 aliphatic heterocycles. The Morgan fingerprint density at radius 2 is 0.882 bits per heavy atom. The van der Waals surface area contributed by atoms with Crippen LogP contribution in [0.3, 0.4) is 0 Å². The third-order valence-electron chi connectivity index (χ3n) is 23.5. The highest BCUT2D eigenvalue weighted by Gasteiger charge is 2.30. The summed E-state index contributed by atoms with van der Waals surface area (Å²) in [5, 5.41) is 7.73. The zero-order valence-electron chi connectivity index (χ0n) is 68.5.